The summed E-state index contributed by atoms with van der Waals surface area (Å²) in [6, 6.07) is 6.59. The largest absolute Gasteiger partial charge is 0.324 e. The number of para-hydroxylation sites is 1. The number of amides is 1. The van der Waals surface area contributed by atoms with Gasteiger partial charge in [-0.15, -0.1) is 0 Å². The maximum Gasteiger partial charge on any atom is 0.238 e. The highest BCUT2D eigenvalue weighted by Crippen LogP contribution is 2.19. The second-order valence-corrected chi connectivity index (χ2v) is 5.18. The standard InChI is InChI=1S/C15H22N2O/c1-11-6-5-7-12(2)15(11)17-14(18)10-16-13-8-3-4-9-13/h5-7,13,16H,3-4,8-10H2,1-2H3,(H,17,18). The van der Waals surface area contributed by atoms with Crippen LogP contribution >= 0.6 is 0 Å². The Morgan fingerprint density at radius 1 is 1.22 bits per heavy atom. The van der Waals surface area contributed by atoms with Gasteiger partial charge in [0.15, 0.2) is 0 Å². The summed E-state index contributed by atoms with van der Waals surface area (Å²) in [6.07, 6.45) is 4.99. The van der Waals surface area contributed by atoms with Gasteiger partial charge in [0.2, 0.25) is 5.91 Å². The van der Waals surface area contributed by atoms with Crippen LogP contribution in [0.5, 0.6) is 0 Å². The lowest BCUT2D eigenvalue weighted by Crippen LogP contribution is -2.34. The maximum absolute atomic E-state index is 11.9. The minimum atomic E-state index is 0.0549. The fraction of sp³-hybridized carbons (Fsp3) is 0.533. The molecule has 2 N–H and O–H groups in total. The van der Waals surface area contributed by atoms with Gasteiger partial charge in [-0.2, -0.15) is 0 Å². The van der Waals surface area contributed by atoms with Crippen molar-refractivity contribution in [2.75, 3.05) is 11.9 Å². The second-order valence-electron chi connectivity index (χ2n) is 5.18. The number of carbonyl (C=O) groups excluding carboxylic acids is 1. The first-order valence-corrected chi connectivity index (χ1v) is 6.76. The molecule has 1 aromatic rings. The number of anilines is 1. The van der Waals surface area contributed by atoms with Crippen LogP contribution in [0.25, 0.3) is 0 Å². The van der Waals surface area contributed by atoms with Crippen molar-refractivity contribution in [3.8, 4) is 0 Å². The molecule has 0 atom stereocenters. The Morgan fingerprint density at radius 2 is 1.83 bits per heavy atom. The van der Waals surface area contributed by atoms with E-state index in [-0.39, 0.29) is 5.91 Å². The van der Waals surface area contributed by atoms with Gasteiger partial charge in [-0.3, -0.25) is 4.79 Å². The number of hydrogen-bond acceptors (Lipinski definition) is 2. The van der Waals surface area contributed by atoms with Crippen molar-refractivity contribution in [2.24, 2.45) is 0 Å². The van der Waals surface area contributed by atoms with Crippen molar-refractivity contribution < 1.29 is 4.79 Å². The fourth-order valence-corrected chi connectivity index (χ4v) is 2.56. The number of aryl methyl sites for hydroxylation is 2. The molecule has 2 rings (SSSR count). The Labute approximate surface area is 109 Å². The summed E-state index contributed by atoms with van der Waals surface area (Å²) in [7, 11) is 0. The van der Waals surface area contributed by atoms with Crippen LogP contribution in [-0.4, -0.2) is 18.5 Å². The third-order valence-corrected chi connectivity index (χ3v) is 3.65. The first kappa shape index (κ1) is 13.1. The van der Waals surface area contributed by atoms with Crippen LogP contribution < -0.4 is 10.6 Å². The van der Waals surface area contributed by atoms with E-state index in [0.717, 1.165) is 16.8 Å². The van der Waals surface area contributed by atoms with Crippen molar-refractivity contribution >= 4 is 11.6 Å². The Hall–Kier alpha value is -1.35. The quantitative estimate of drug-likeness (QED) is 0.857. The summed E-state index contributed by atoms with van der Waals surface area (Å²) in [5.41, 5.74) is 3.18. The average Bonchev–Trinajstić information content (AvgIpc) is 2.84. The SMILES string of the molecule is Cc1cccc(C)c1NC(=O)CNC1CCCC1. The highest BCUT2D eigenvalue weighted by molar-refractivity contribution is 5.93. The fourth-order valence-electron chi connectivity index (χ4n) is 2.56. The third-order valence-electron chi connectivity index (χ3n) is 3.65. The van der Waals surface area contributed by atoms with Gasteiger partial charge in [0.25, 0.3) is 0 Å². The molecule has 0 radical (unpaired) electrons. The van der Waals surface area contributed by atoms with Crippen molar-refractivity contribution in [2.45, 2.75) is 45.6 Å². The van der Waals surface area contributed by atoms with Gasteiger partial charge >= 0.3 is 0 Å². The van der Waals surface area contributed by atoms with Crippen LogP contribution in [0.15, 0.2) is 18.2 Å². The normalized spacial score (nSPS) is 15.9. The smallest absolute Gasteiger partial charge is 0.238 e. The van der Waals surface area contributed by atoms with Crippen LogP contribution in [0, 0.1) is 13.8 Å². The summed E-state index contributed by atoms with van der Waals surface area (Å²) in [5, 5.41) is 6.33. The van der Waals surface area contributed by atoms with E-state index >= 15 is 0 Å². The van der Waals surface area contributed by atoms with Gasteiger partial charge in [-0.25, -0.2) is 0 Å². The average molecular weight is 246 g/mol. The van der Waals surface area contributed by atoms with Crippen LogP contribution in [0.3, 0.4) is 0 Å². The Kier molecular flexibility index (Phi) is 4.37. The predicted octanol–water partition coefficient (Wildman–Crippen LogP) is 2.77. The molecule has 0 aromatic heterocycles. The van der Waals surface area contributed by atoms with Gasteiger partial charge in [0.05, 0.1) is 6.54 Å². The van der Waals surface area contributed by atoms with E-state index in [1.54, 1.807) is 0 Å². The molecular formula is C15H22N2O. The van der Waals surface area contributed by atoms with Crippen molar-refractivity contribution in [3.05, 3.63) is 29.3 Å². The summed E-state index contributed by atoms with van der Waals surface area (Å²) in [5.74, 6) is 0.0549. The van der Waals surface area contributed by atoms with Gasteiger partial charge in [0, 0.05) is 11.7 Å². The maximum atomic E-state index is 11.9. The van der Waals surface area contributed by atoms with E-state index in [2.05, 4.69) is 10.6 Å². The topological polar surface area (TPSA) is 41.1 Å². The molecule has 1 saturated carbocycles. The van der Waals surface area contributed by atoms with Crippen LogP contribution in [0.4, 0.5) is 5.69 Å². The van der Waals surface area contributed by atoms with E-state index in [0.29, 0.717) is 12.6 Å². The molecule has 0 aliphatic heterocycles. The molecule has 3 heteroatoms. The number of rotatable bonds is 4. The van der Waals surface area contributed by atoms with Gasteiger partial charge < -0.3 is 10.6 Å². The molecule has 0 heterocycles. The van der Waals surface area contributed by atoms with Gasteiger partial charge in [-0.05, 0) is 37.8 Å². The Bertz CT molecular complexity index is 402. The first-order chi connectivity index (χ1) is 8.66. The first-order valence-electron chi connectivity index (χ1n) is 6.76. The Balaban J connectivity index is 1.86. The van der Waals surface area contributed by atoms with Crippen LogP contribution in [0.1, 0.15) is 36.8 Å². The molecular weight excluding hydrogens is 224 g/mol. The number of hydrogen-bond donors (Lipinski definition) is 2. The molecule has 1 aliphatic carbocycles. The molecule has 3 nitrogen and oxygen atoms in total. The lowest BCUT2D eigenvalue weighted by Gasteiger charge is -2.14. The van der Waals surface area contributed by atoms with E-state index in [1.807, 2.05) is 32.0 Å². The van der Waals surface area contributed by atoms with Crippen molar-refractivity contribution in [1.29, 1.82) is 0 Å². The van der Waals surface area contributed by atoms with Crippen LogP contribution in [0.2, 0.25) is 0 Å². The van der Waals surface area contributed by atoms with E-state index in [4.69, 9.17) is 0 Å². The lowest BCUT2D eigenvalue weighted by atomic mass is 10.1. The molecule has 98 valence electrons. The molecule has 0 bridgehead atoms. The van der Waals surface area contributed by atoms with E-state index < -0.39 is 0 Å². The molecule has 0 saturated heterocycles. The number of benzene rings is 1. The molecule has 1 aliphatic rings. The van der Waals surface area contributed by atoms with Crippen LogP contribution in [-0.2, 0) is 4.79 Å². The number of carbonyl (C=O) groups is 1. The highest BCUT2D eigenvalue weighted by atomic mass is 16.1. The molecule has 1 fully saturated rings. The predicted molar refractivity (Wildman–Crippen MR) is 74.8 cm³/mol. The second kappa shape index (κ2) is 6.01. The highest BCUT2D eigenvalue weighted by Gasteiger charge is 2.15. The summed E-state index contributed by atoms with van der Waals surface area (Å²) in [6.45, 7) is 4.46. The van der Waals surface area contributed by atoms with E-state index in [1.165, 1.54) is 25.7 Å². The summed E-state index contributed by atoms with van der Waals surface area (Å²) >= 11 is 0. The molecule has 18 heavy (non-hydrogen) atoms. The van der Waals surface area contributed by atoms with E-state index in [9.17, 15) is 4.79 Å². The molecule has 0 spiro atoms. The summed E-state index contributed by atoms with van der Waals surface area (Å²) in [4.78, 5) is 11.9. The molecule has 0 unspecified atom stereocenters. The zero-order valence-corrected chi connectivity index (χ0v) is 11.3. The lowest BCUT2D eigenvalue weighted by molar-refractivity contribution is -0.115. The zero-order chi connectivity index (χ0) is 13.0. The third kappa shape index (κ3) is 3.33. The van der Waals surface area contributed by atoms with Crippen molar-refractivity contribution in [3.63, 3.8) is 0 Å². The molecule has 1 aromatic carbocycles. The van der Waals surface area contributed by atoms with Gasteiger partial charge in [0.1, 0.15) is 0 Å². The minimum Gasteiger partial charge on any atom is -0.324 e. The number of nitrogens with one attached hydrogen (secondary N) is 2. The molecule has 1 amide bonds. The minimum absolute atomic E-state index is 0.0549. The Morgan fingerprint density at radius 3 is 2.44 bits per heavy atom. The van der Waals surface area contributed by atoms with Gasteiger partial charge in [-0.1, -0.05) is 31.0 Å². The zero-order valence-electron chi connectivity index (χ0n) is 11.3. The summed E-state index contributed by atoms with van der Waals surface area (Å²) < 4.78 is 0. The van der Waals surface area contributed by atoms with Crippen molar-refractivity contribution in [1.82, 2.24) is 5.32 Å². The monoisotopic (exact) mass is 246 g/mol.